The number of nitrogens with two attached hydrogens (primary N) is 1. The molecule has 1 aliphatic heterocycles. The van der Waals surface area contributed by atoms with E-state index in [0.29, 0.717) is 34.1 Å². The van der Waals surface area contributed by atoms with Crippen molar-refractivity contribution in [3.63, 3.8) is 0 Å². The molecule has 1 amide bonds. The van der Waals surface area contributed by atoms with Gasteiger partial charge in [0.1, 0.15) is 5.82 Å². The number of halogens is 1. The molecule has 1 aromatic heterocycles. The number of nitrogens with one attached hydrogen (secondary N) is 1. The summed E-state index contributed by atoms with van der Waals surface area (Å²) in [4.78, 5) is 18.7. The van der Waals surface area contributed by atoms with Crippen LogP contribution in [0.2, 0.25) is 5.02 Å². The van der Waals surface area contributed by atoms with Crippen LogP contribution in [0.15, 0.2) is 24.3 Å². The highest BCUT2D eigenvalue weighted by Crippen LogP contribution is 2.27. The Morgan fingerprint density at radius 2 is 2.12 bits per heavy atom. The molecule has 7 heteroatoms. The van der Waals surface area contributed by atoms with Crippen LogP contribution in [0, 0.1) is 0 Å². The van der Waals surface area contributed by atoms with Crippen LogP contribution in [0.1, 0.15) is 23.2 Å². The third-order valence-corrected chi connectivity index (χ3v) is 4.62. The maximum absolute atomic E-state index is 11.8. The zero-order chi connectivity index (χ0) is 17.1. The fraction of sp³-hybridized carbons (Fsp3) is 0.412. The molecule has 128 valence electrons. The molecular weight excluding hydrogens is 328 g/mol. The molecule has 3 rings (SSSR count). The zero-order valence-corrected chi connectivity index (χ0v) is 14.1. The van der Waals surface area contributed by atoms with Crippen molar-refractivity contribution in [2.75, 3.05) is 31.1 Å². The van der Waals surface area contributed by atoms with Crippen molar-refractivity contribution in [3.05, 3.63) is 34.9 Å². The number of carbonyl (C=O) groups excluding carboxylic acids is 1. The molecule has 4 N–H and O–H groups in total. The van der Waals surface area contributed by atoms with Gasteiger partial charge in [-0.25, -0.2) is 4.98 Å². The number of carbonyl (C=O) groups is 1. The molecule has 1 aliphatic rings. The molecule has 0 radical (unpaired) electrons. The summed E-state index contributed by atoms with van der Waals surface area (Å²) in [7, 11) is 0. The van der Waals surface area contributed by atoms with Crippen molar-refractivity contribution in [1.29, 1.82) is 0 Å². The second-order valence-electron chi connectivity index (χ2n) is 5.99. The van der Waals surface area contributed by atoms with Crippen LogP contribution in [-0.4, -0.2) is 48.3 Å². The quantitative estimate of drug-likeness (QED) is 0.762. The Morgan fingerprint density at radius 3 is 2.79 bits per heavy atom. The lowest BCUT2D eigenvalue weighted by Gasteiger charge is -2.33. The molecule has 2 aromatic rings. The van der Waals surface area contributed by atoms with E-state index < -0.39 is 5.91 Å². The Balaban J connectivity index is 1.85. The van der Waals surface area contributed by atoms with Gasteiger partial charge in [-0.2, -0.15) is 0 Å². The molecule has 0 saturated carbocycles. The first-order chi connectivity index (χ1) is 11.6. The van der Waals surface area contributed by atoms with Gasteiger partial charge >= 0.3 is 0 Å². The van der Waals surface area contributed by atoms with Gasteiger partial charge < -0.3 is 21.1 Å². The number of amides is 1. The third-order valence-electron chi connectivity index (χ3n) is 4.39. The van der Waals surface area contributed by atoms with Crippen molar-refractivity contribution in [2.24, 2.45) is 5.73 Å². The number of piperidine rings is 1. The Hall–Kier alpha value is -1.89. The second kappa shape index (κ2) is 7.34. The largest absolute Gasteiger partial charge is 0.395 e. The first kappa shape index (κ1) is 17.0. The van der Waals surface area contributed by atoms with Gasteiger partial charge in [0.15, 0.2) is 0 Å². The maximum Gasteiger partial charge on any atom is 0.249 e. The van der Waals surface area contributed by atoms with Crippen molar-refractivity contribution in [3.8, 4) is 0 Å². The number of pyridine rings is 1. The van der Waals surface area contributed by atoms with Crippen LogP contribution < -0.4 is 16.0 Å². The standard InChI is InChI=1S/C17H21ClN4O2/c18-11-1-2-15-13(9-11)14(17(19)24)10-16(21-15)22-6-3-12(4-7-22)20-5-8-23/h1-2,9-10,12,20,23H,3-8H2,(H2,19,24). The number of hydrogen-bond donors (Lipinski definition) is 3. The summed E-state index contributed by atoms with van der Waals surface area (Å²) in [6.07, 6.45) is 1.93. The monoisotopic (exact) mass is 348 g/mol. The van der Waals surface area contributed by atoms with Gasteiger partial charge in [0.05, 0.1) is 17.7 Å². The molecule has 0 atom stereocenters. The fourth-order valence-corrected chi connectivity index (χ4v) is 3.30. The Kier molecular flexibility index (Phi) is 5.18. The van der Waals surface area contributed by atoms with Crippen molar-refractivity contribution < 1.29 is 9.90 Å². The Labute approximate surface area is 145 Å². The number of primary amides is 1. The molecule has 0 aliphatic carbocycles. The van der Waals surface area contributed by atoms with Crippen LogP contribution >= 0.6 is 11.6 Å². The van der Waals surface area contributed by atoms with Gasteiger partial charge in [-0.05, 0) is 37.1 Å². The lowest BCUT2D eigenvalue weighted by atomic mass is 10.0. The summed E-state index contributed by atoms with van der Waals surface area (Å²) >= 11 is 6.03. The van der Waals surface area contributed by atoms with Gasteiger partial charge in [-0.1, -0.05) is 11.6 Å². The van der Waals surface area contributed by atoms with Crippen molar-refractivity contribution in [1.82, 2.24) is 10.3 Å². The minimum atomic E-state index is -0.481. The molecule has 0 bridgehead atoms. The van der Waals surface area contributed by atoms with E-state index in [0.717, 1.165) is 31.7 Å². The molecular formula is C17H21ClN4O2. The van der Waals surface area contributed by atoms with Gasteiger partial charge in [-0.3, -0.25) is 4.79 Å². The lowest BCUT2D eigenvalue weighted by Crippen LogP contribution is -2.43. The van der Waals surface area contributed by atoms with Crippen LogP contribution in [0.5, 0.6) is 0 Å². The average molecular weight is 349 g/mol. The SMILES string of the molecule is NC(=O)c1cc(N2CCC(NCCO)CC2)nc2ccc(Cl)cc12. The fourth-order valence-electron chi connectivity index (χ4n) is 3.13. The number of rotatable bonds is 5. The van der Waals surface area contributed by atoms with Gasteiger partial charge in [-0.15, -0.1) is 0 Å². The topological polar surface area (TPSA) is 91.5 Å². The lowest BCUT2D eigenvalue weighted by molar-refractivity contribution is 0.100. The van der Waals surface area contributed by atoms with E-state index in [9.17, 15) is 4.79 Å². The van der Waals surface area contributed by atoms with Crippen LogP contribution in [0.25, 0.3) is 10.9 Å². The maximum atomic E-state index is 11.8. The van der Waals surface area contributed by atoms with E-state index in [-0.39, 0.29) is 6.61 Å². The number of nitrogens with zero attached hydrogens (tertiary/aromatic N) is 2. The van der Waals surface area contributed by atoms with E-state index >= 15 is 0 Å². The van der Waals surface area contributed by atoms with Gasteiger partial charge in [0.25, 0.3) is 0 Å². The first-order valence-corrected chi connectivity index (χ1v) is 8.45. The highest BCUT2D eigenvalue weighted by atomic mass is 35.5. The molecule has 0 spiro atoms. The zero-order valence-electron chi connectivity index (χ0n) is 13.3. The molecule has 0 unspecified atom stereocenters. The minimum absolute atomic E-state index is 0.150. The van der Waals surface area contributed by atoms with Crippen LogP contribution in [-0.2, 0) is 0 Å². The van der Waals surface area contributed by atoms with E-state index in [1.54, 1.807) is 18.2 Å². The molecule has 6 nitrogen and oxygen atoms in total. The average Bonchev–Trinajstić information content (AvgIpc) is 2.59. The van der Waals surface area contributed by atoms with E-state index in [1.165, 1.54) is 0 Å². The summed E-state index contributed by atoms with van der Waals surface area (Å²) in [5, 5.41) is 13.4. The summed E-state index contributed by atoms with van der Waals surface area (Å²) in [6.45, 7) is 2.45. The highest BCUT2D eigenvalue weighted by Gasteiger charge is 2.21. The minimum Gasteiger partial charge on any atom is -0.395 e. The normalized spacial score (nSPS) is 15.8. The number of aliphatic hydroxyl groups is 1. The number of fused-ring (bicyclic) bond motifs is 1. The van der Waals surface area contributed by atoms with Gasteiger partial charge in [0.2, 0.25) is 5.91 Å². The number of benzene rings is 1. The molecule has 24 heavy (non-hydrogen) atoms. The third kappa shape index (κ3) is 3.61. The van der Waals surface area contributed by atoms with E-state index in [4.69, 9.17) is 22.4 Å². The summed E-state index contributed by atoms with van der Waals surface area (Å²) < 4.78 is 0. The Morgan fingerprint density at radius 1 is 1.38 bits per heavy atom. The molecule has 2 heterocycles. The Bertz CT molecular complexity index is 745. The summed E-state index contributed by atoms with van der Waals surface area (Å²) in [5.74, 6) is 0.282. The predicted molar refractivity (Wildman–Crippen MR) is 95.6 cm³/mol. The highest BCUT2D eigenvalue weighted by molar-refractivity contribution is 6.31. The number of anilines is 1. The van der Waals surface area contributed by atoms with E-state index in [2.05, 4.69) is 15.2 Å². The van der Waals surface area contributed by atoms with E-state index in [1.807, 2.05) is 6.07 Å². The smallest absolute Gasteiger partial charge is 0.249 e. The summed E-state index contributed by atoms with van der Waals surface area (Å²) in [6, 6.07) is 7.45. The molecule has 1 saturated heterocycles. The number of hydrogen-bond acceptors (Lipinski definition) is 5. The predicted octanol–water partition coefficient (Wildman–Crippen LogP) is 1.54. The van der Waals surface area contributed by atoms with Gasteiger partial charge in [0, 0.05) is 36.1 Å². The van der Waals surface area contributed by atoms with Crippen LogP contribution in [0.4, 0.5) is 5.82 Å². The molecule has 1 fully saturated rings. The van der Waals surface area contributed by atoms with Crippen LogP contribution in [0.3, 0.4) is 0 Å². The number of aliphatic hydroxyl groups excluding tert-OH is 1. The van der Waals surface area contributed by atoms with Crippen molar-refractivity contribution in [2.45, 2.75) is 18.9 Å². The second-order valence-corrected chi connectivity index (χ2v) is 6.43. The summed E-state index contributed by atoms with van der Waals surface area (Å²) in [5.41, 5.74) is 6.70. The first-order valence-electron chi connectivity index (χ1n) is 8.08. The van der Waals surface area contributed by atoms with Crippen molar-refractivity contribution >= 4 is 34.2 Å². The number of aromatic nitrogens is 1. The molecule has 1 aromatic carbocycles.